The topological polar surface area (TPSA) is 55.8 Å². The standard InChI is InChI=1S/C17H17BrO4/c1-11-3-4-12(2)16(9-11)22-8-7-21-15-6-5-13(18)10-14(15)17(19)20/h3-6,9-10H,7-8H2,1-2H3,(H,19,20). The molecule has 0 unspecified atom stereocenters. The van der Waals surface area contributed by atoms with Crippen LogP contribution in [-0.4, -0.2) is 24.3 Å². The quantitative estimate of drug-likeness (QED) is 0.779. The number of ether oxygens (including phenoxy) is 2. The van der Waals surface area contributed by atoms with Crippen molar-refractivity contribution in [2.75, 3.05) is 13.2 Å². The Hall–Kier alpha value is -2.01. The lowest BCUT2D eigenvalue weighted by molar-refractivity contribution is 0.0691. The van der Waals surface area contributed by atoms with Gasteiger partial charge in [0.2, 0.25) is 0 Å². The van der Waals surface area contributed by atoms with Crippen LogP contribution in [0.25, 0.3) is 0 Å². The van der Waals surface area contributed by atoms with Crippen molar-refractivity contribution >= 4 is 21.9 Å². The Balaban J connectivity index is 1.94. The highest BCUT2D eigenvalue weighted by Gasteiger charge is 2.11. The van der Waals surface area contributed by atoms with Gasteiger partial charge in [-0.25, -0.2) is 4.79 Å². The molecule has 116 valence electrons. The zero-order valence-electron chi connectivity index (χ0n) is 12.4. The maximum Gasteiger partial charge on any atom is 0.339 e. The molecule has 0 aromatic heterocycles. The molecule has 0 spiro atoms. The summed E-state index contributed by atoms with van der Waals surface area (Å²) < 4.78 is 11.9. The molecule has 0 atom stereocenters. The zero-order valence-corrected chi connectivity index (χ0v) is 14.0. The van der Waals surface area contributed by atoms with Crippen LogP contribution in [0.15, 0.2) is 40.9 Å². The number of carboxylic acids is 1. The second kappa shape index (κ2) is 7.31. The summed E-state index contributed by atoms with van der Waals surface area (Å²) in [5, 5.41) is 9.16. The summed E-state index contributed by atoms with van der Waals surface area (Å²) in [4.78, 5) is 11.2. The van der Waals surface area contributed by atoms with Gasteiger partial charge in [0.1, 0.15) is 30.3 Å². The van der Waals surface area contributed by atoms with Gasteiger partial charge in [0, 0.05) is 4.47 Å². The molecule has 0 aliphatic rings. The predicted octanol–water partition coefficient (Wildman–Crippen LogP) is 4.22. The maximum absolute atomic E-state index is 11.2. The van der Waals surface area contributed by atoms with Gasteiger partial charge in [0.25, 0.3) is 0 Å². The van der Waals surface area contributed by atoms with E-state index in [-0.39, 0.29) is 12.2 Å². The molecular formula is C17H17BrO4. The van der Waals surface area contributed by atoms with Crippen molar-refractivity contribution in [1.82, 2.24) is 0 Å². The minimum absolute atomic E-state index is 0.126. The van der Waals surface area contributed by atoms with Crippen molar-refractivity contribution < 1.29 is 19.4 Å². The van der Waals surface area contributed by atoms with Gasteiger partial charge in [-0.3, -0.25) is 0 Å². The van der Waals surface area contributed by atoms with E-state index >= 15 is 0 Å². The molecule has 0 bridgehead atoms. The number of aromatic carboxylic acids is 1. The fourth-order valence-corrected chi connectivity index (χ4v) is 2.32. The smallest absolute Gasteiger partial charge is 0.339 e. The lowest BCUT2D eigenvalue weighted by atomic mass is 10.1. The number of hydrogen-bond acceptors (Lipinski definition) is 3. The Morgan fingerprint density at radius 2 is 1.73 bits per heavy atom. The molecule has 0 saturated carbocycles. The van der Waals surface area contributed by atoms with E-state index in [0.29, 0.717) is 16.8 Å². The number of benzene rings is 2. The van der Waals surface area contributed by atoms with Crippen LogP contribution >= 0.6 is 15.9 Å². The highest BCUT2D eigenvalue weighted by molar-refractivity contribution is 9.10. The fourth-order valence-electron chi connectivity index (χ4n) is 1.96. The first-order valence-electron chi connectivity index (χ1n) is 6.83. The highest BCUT2D eigenvalue weighted by Crippen LogP contribution is 2.23. The summed E-state index contributed by atoms with van der Waals surface area (Å²) in [5.41, 5.74) is 2.31. The third kappa shape index (κ3) is 4.24. The van der Waals surface area contributed by atoms with Crippen LogP contribution in [0.1, 0.15) is 21.5 Å². The van der Waals surface area contributed by atoms with E-state index in [1.54, 1.807) is 12.1 Å². The number of halogens is 1. The average molecular weight is 365 g/mol. The van der Waals surface area contributed by atoms with Gasteiger partial charge in [-0.05, 0) is 49.2 Å². The van der Waals surface area contributed by atoms with Crippen LogP contribution in [0.2, 0.25) is 0 Å². The van der Waals surface area contributed by atoms with Gasteiger partial charge in [0.15, 0.2) is 0 Å². The van der Waals surface area contributed by atoms with Gasteiger partial charge in [0.05, 0.1) is 0 Å². The van der Waals surface area contributed by atoms with Crippen LogP contribution in [-0.2, 0) is 0 Å². The summed E-state index contributed by atoms with van der Waals surface area (Å²) >= 11 is 3.25. The number of carboxylic acid groups (broad SMARTS) is 1. The van der Waals surface area contributed by atoms with Crippen LogP contribution in [0.4, 0.5) is 0 Å². The van der Waals surface area contributed by atoms with Crippen molar-refractivity contribution in [2.45, 2.75) is 13.8 Å². The predicted molar refractivity (Wildman–Crippen MR) is 88.0 cm³/mol. The molecule has 22 heavy (non-hydrogen) atoms. The molecule has 5 heteroatoms. The van der Waals surface area contributed by atoms with Gasteiger partial charge >= 0.3 is 5.97 Å². The van der Waals surface area contributed by atoms with E-state index in [9.17, 15) is 4.79 Å². The average Bonchev–Trinajstić information content (AvgIpc) is 2.48. The van der Waals surface area contributed by atoms with E-state index in [1.165, 1.54) is 6.07 Å². The number of rotatable bonds is 6. The Labute approximate surface area is 137 Å². The molecule has 0 saturated heterocycles. The molecule has 2 rings (SSSR count). The van der Waals surface area contributed by atoms with Crippen LogP contribution in [0.3, 0.4) is 0 Å². The fraction of sp³-hybridized carbons (Fsp3) is 0.235. The second-order valence-electron chi connectivity index (χ2n) is 4.91. The van der Waals surface area contributed by atoms with Crippen LogP contribution in [0, 0.1) is 13.8 Å². The monoisotopic (exact) mass is 364 g/mol. The van der Waals surface area contributed by atoms with Crippen LogP contribution < -0.4 is 9.47 Å². The largest absolute Gasteiger partial charge is 0.490 e. The van der Waals surface area contributed by atoms with Crippen molar-refractivity contribution in [2.24, 2.45) is 0 Å². The van der Waals surface area contributed by atoms with E-state index in [2.05, 4.69) is 15.9 Å². The summed E-state index contributed by atoms with van der Waals surface area (Å²) in [6.45, 7) is 4.60. The first kappa shape index (κ1) is 16.4. The third-order valence-corrected chi connectivity index (χ3v) is 3.61. The minimum atomic E-state index is -1.02. The van der Waals surface area contributed by atoms with E-state index in [1.807, 2.05) is 32.0 Å². The SMILES string of the molecule is Cc1ccc(C)c(OCCOc2ccc(Br)cc2C(=O)O)c1. The first-order chi connectivity index (χ1) is 10.5. The van der Waals surface area contributed by atoms with E-state index in [4.69, 9.17) is 14.6 Å². The molecule has 0 heterocycles. The molecule has 1 N–H and O–H groups in total. The van der Waals surface area contributed by atoms with Crippen LogP contribution in [0.5, 0.6) is 11.5 Å². The highest BCUT2D eigenvalue weighted by atomic mass is 79.9. The molecule has 0 amide bonds. The summed E-state index contributed by atoms with van der Waals surface area (Å²) in [5.74, 6) is 0.130. The Kier molecular flexibility index (Phi) is 5.44. The molecule has 0 aliphatic carbocycles. The third-order valence-electron chi connectivity index (χ3n) is 3.11. The molecule has 4 nitrogen and oxygen atoms in total. The lowest BCUT2D eigenvalue weighted by Gasteiger charge is -2.12. The molecule has 0 fully saturated rings. The Morgan fingerprint density at radius 3 is 2.41 bits per heavy atom. The summed E-state index contributed by atoms with van der Waals surface area (Å²) in [6, 6.07) is 10.9. The normalized spacial score (nSPS) is 10.3. The molecule has 0 radical (unpaired) electrons. The van der Waals surface area contributed by atoms with Gasteiger partial charge < -0.3 is 14.6 Å². The molecular weight excluding hydrogens is 348 g/mol. The van der Waals surface area contributed by atoms with E-state index in [0.717, 1.165) is 16.9 Å². The summed E-state index contributed by atoms with van der Waals surface area (Å²) in [6.07, 6.45) is 0. The van der Waals surface area contributed by atoms with Crippen molar-refractivity contribution in [3.8, 4) is 11.5 Å². The minimum Gasteiger partial charge on any atom is -0.490 e. The number of carbonyl (C=O) groups is 1. The maximum atomic E-state index is 11.2. The lowest BCUT2D eigenvalue weighted by Crippen LogP contribution is -2.11. The second-order valence-corrected chi connectivity index (χ2v) is 5.83. The first-order valence-corrected chi connectivity index (χ1v) is 7.62. The van der Waals surface area contributed by atoms with Gasteiger partial charge in [-0.1, -0.05) is 28.1 Å². The number of hydrogen-bond donors (Lipinski definition) is 1. The number of aryl methyl sites for hydroxylation is 2. The molecule has 2 aromatic rings. The van der Waals surface area contributed by atoms with Crippen molar-refractivity contribution in [3.63, 3.8) is 0 Å². The Morgan fingerprint density at radius 1 is 1.05 bits per heavy atom. The molecule has 2 aromatic carbocycles. The summed E-state index contributed by atoms with van der Waals surface area (Å²) in [7, 11) is 0. The zero-order chi connectivity index (χ0) is 16.1. The van der Waals surface area contributed by atoms with Gasteiger partial charge in [-0.2, -0.15) is 0 Å². The Bertz CT molecular complexity index is 682. The molecule has 0 aliphatic heterocycles. The van der Waals surface area contributed by atoms with Crippen molar-refractivity contribution in [3.05, 3.63) is 57.6 Å². The van der Waals surface area contributed by atoms with Crippen molar-refractivity contribution in [1.29, 1.82) is 0 Å². The van der Waals surface area contributed by atoms with Gasteiger partial charge in [-0.15, -0.1) is 0 Å². The van der Waals surface area contributed by atoms with E-state index < -0.39 is 5.97 Å².